The van der Waals surface area contributed by atoms with Crippen LogP contribution in [0.5, 0.6) is 0 Å². The van der Waals surface area contributed by atoms with Crippen molar-refractivity contribution in [1.29, 1.82) is 0 Å². The molecular formula is C21H36N4O2. The van der Waals surface area contributed by atoms with Gasteiger partial charge in [0.15, 0.2) is 5.96 Å². The van der Waals surface area contributed by atoms with E-state index in [0.717, 1.165) is 44.9 Å². The number of aliphatic imine (C=N–C) groups is 1. The molecule has 2 unspecified atom stereocenters. The third-order valence-electron chi connectivity index (χ3n) is 5.54. The highest BCUT2D eigenvalue weighted by molar-refractivity contribution is 5.79. The molecule has 0 bridgehead atoms. The average Bonchev–Trinajstić information content (AvgIpc) is 3.13. The Morgan fingerprint density at radius 3 is 2.56 bits per heavy atom. The number of aryl methyl sites for hydroxylation is 1. The van der Waals surface area contributed by atoms with E-state index in [9.17, 15) is 5.11 Å². The molecule has 1 aliphatic heterocycles. The van der Waals surface area contributed by atoms with Gasteiger partial charge in [-0.25, -0.2) is 0 Å². The zero-order valence-electron chi connectivity index (χ0n) is 17.3. The molecule has 6 nitrogen and oxygen atoms in total. The second kappa shape index (κ2) is 10.6. The van der Waals surface area contributed by atoms with Crippen LogP contribution in [0.4, 0.5) is 0 Å². The lowest BCUT2D eigenvalue weighted by Gasteiger charge is -2.29. The van der Waals surface area contributed by atoms with Crippen molar-refractivity contribution >= 4 is 5.96 Å². The van der Waals surface area contributed by atoms with Crippen LogP contribution in [-0.4, -0.2) is 70.0 Å². The molecule has 0 saturated carbocycles. The number of ether oxygens (including phenoxy) is 1. The number of nitrogens with zero attached hydrogens (tertiary/aromatic N) is 2. The number of nitrogens with one attached hydrogen (secondary N) is 2. The molecule has 0 radical (unpaired) electrons. The first-order chi connectivity index (χ1) is 13.0. The Hall–Kier alpha value is -1.63. The fourth-order valence-electron chi connectivity index (χ4n) is 3.57. The summed E-state index contributed by atoms with van der Waals surface area (Å²) in [4.78, 5) is 6.59. The molecular weight excluding hydrogens is 340 g/mol. The van der Waals surface area contributed by atoms with Gasteiger partial charge in [-0.15, -0.1) is 0 Å². The molecule has 1 saturated heterocycles. The summed E-state index contributed by atoms with van der Waals surface area (Å²) in [5.41, 5.74) is 2.65. The van der Waals surface area contributed by atoms with Crippen LogP contribution in [0.3, 0.4) is 0 Å². The summed E-state index contributed by atoms with van der Waals surface area (Å²) in [5, 5.41) is 16.3. The molecule has 0 aromatic heterocycles. The molecule has 152 valence electrons. The number of aliphatic hydroxyl groups excluding tert-OH is 1. The first kappa shape index (κ1) is 21.7. The predicted molar refractivity (Wildman–Crippen MR) is 111 cm³/mol. The maximum atomic E-state index is 9.38. The van der Waals surface area contributed by atoms with Gasteiger partial charge in [-0.1, -0.05) is 31.2 Å². The van der Waals surface area contributed by atoms with E-state index in [1.54, 1.807) is 7.05 Å². The first-order valence-electron chi connectivity index (χ1n) is 9.92. The van der Waals surface area contributed by atoms with Crippen molar-refractivity contribution in [3.05, 3.63) is 35.4 Å². The number of rotatable bonds is 9. The molecule has 3 N–H and O–H groups in total. The van der Waals surface area contributed by atoms with E-state index in [1.165, 1.54) is 11.1 Å². The quantitative estimate of drug-likeness (QED) is 0.453. The molecule has 2 rings (SSSR count). The van der Waals surface area contributed by atoms with Crippen LogP contribution in [0.25, 0.3) is 0 Å². The van der Waals surface area contributed by atoms with E-state index < -0.39 is 0 Å². The molecule has 1 aromatic rings. The third-order valence-corrected chi connectivity index (χ3v) is 5.54. The van der Waals surface area contributed by atoms with Crippen LogP contribution >= 0.6 is 0 Å². The molecule has 1 aliphatic rings. The van der Waals surface area contributed by atoms with E-state index in [4.69, 9.17) is 4.74 Å². The number of guanidine groups is 1. The van der Waals surface area contributed by atoms with Gasteiger partial charge in [0.2, 0.25) is 0 Å². The van der Waals surface area contributed by atoms with Crippen LogP contribution in [0, 0.1) is 5.41 Å². The molecule has 1 aromatic carbocycles. The normalized spacial score (nSPS) is 21.5. The molecule has 0 spiro atoms. The van der Waals surface area contributed by atoms with Crippen molar-refractivity contribution in [3.8, 4) is 0 Å². The Morgan fingerprint density at radius 2 is 2.04 bits per heavy atom. The fraction of sp³-hybridized carbons (Fsp3) is 0.667. The minimum Gasteiger partial charge on any atom is -0.396 e. The van der Waals surface area contributed by atoms with Gasteiger partial charge in [-0.2, -0.15) is 0 Å². The SMILES string of the molecule is CCc1ccc(C(CNC(=NC)NCC2(CCO)CCOC2)N(C)C)cc1. The van der Waals surface area contributed by atoms with Crippen molar-refractivity contribution in [2.24, 2.45) is 10.4 Å². The molecule has 2 atom stereocenters. The van der Waals surface area contributed by atoms with E-state index >= 15 is 0 Å². The summed E-state index contributed by atoms with van der Waals surface area (Å²) in [7, 11) is 5.99. The molecule has 1 fully saturated rings. The largest absolute Gasteiger partial charge is 0.396 e. The highest BCUT2D eigenvalue weighted by Gasteiger charge is 2.34. The Labute approximate surface area is 164 Å². The maximum absolute atomic E-state index is 9.38. The first-order valence-corrected chi connectivity index (χ1v) is 9.92. The van der Waals surface area contributed by atoms with E-state index in [0.29, 0.717) is 6.61 Å². The van der Waals surface area contributed by atoms with Crippen molar-refractivity contribution in [2.75, 3.05) is 54.1 Å². The van der Waals surface area contributed by atoms with Crippen LogP contribution in [0.1, 0.15) is 36.9 Å². The minimum atomic E-state index is 0.00328. The highest BCUT2D eigenvalue weighted by Crippen LogP contribution is 2.31. The number of benzene rings is 1. The topological polar surface area (TPSA) is 69.1 Å². The van der Waals surface area contributed by atoms with E-state index in [1.807, 2.05) is 0 Å². The lowest BCUT2D eigenvalue weighted by atomic mass is 9.84. The molecule has 1 heterocycles. The zero-order valence-corrected chi connectivity index (χ0v) is 17.3. The second-order valence-electron chi connectivity index (χ2n) is 7.66. The molecule has 27 heavy (non-hydrogen) atoms. The summed E-state index contributed by atoms with van der Waals surface area (Å²) < 4.78 is 5.57. The predicted octanol–water partition coefficient (Wildman–Crippen LogP) is 1.81. The van der Waals surface area contributed by atoms with Crippen molar-refractivity contribution in [2.45, 2.75) is 32.2 Å². The van der Waals surface area contributed by atoms with Gasteiger partial charge >= 0.3 is 0 Å². The van der Waals surface area contributed by atoms with Gasteiger partial charge in [0, 0.05) is 38.8 Å². The Morgan fingerprint density at radius 1 is 1.30 bits per heavy atom. The van der Waals surface area contributed by atoms with Crippen LogP contribution < -0.4 is 10.6 Å². The van der Waals surface area contributed by atoms with Gasteiger partial charge < -0.3 is 25.4 Å². The minimum absolute atomic E-state index is 0.00328. The summed E-state index contributed by atoms with van der Waals surface area (Å²) >= 11 is 0. The Bertz CT molecular complexity index is 580. The average molecular weight is 377 g/mol. The lowest BCUT2D eigenvalue weighted by molar-refractivity contribution is 0.127. The van der Waals surface area contributed by atoms with Gasteiger partial charge in [0.1, 0.15) is 0 Å². The molecule has 0 amide bonds. The van der Waals surface area contributed by atoms with Gasteiger partial charge in [0.25, 0.3) is 0 Å². The van der Waals surface area contributed by atoms with Crippen LogP contribution in [0.2, 0.25) is 0 Å². The molecule has 0 aliphatic carbocycles. The number of likely N-dealkylation sites (N-methyl/N-ethyl adjacent to an activating group) is 1. The fourth-order valence-corrected chi connectivity index (χ4v) is 3.57. The van der Waals surface area contributed by atoms with Crippen molar-refractivity contribution in [3.63, 3.8) is 0 Å². The van der Waals surface area contributed by atoms with E-state index in [2.05, 4.69) is 65.8 Å². The van der Waals surface area contributed by atoms with Crippen LogP contribution in [-0.2, 0) is 11.2 Å². The lowest BCUT2D eigenvalue weighted by Crippen LogP contribution is -2.46. The highest BCUT2D eigenvalue weighted by atomic mass is 16.5. The second-order valence-corrected chi connectivity index (χ2v) is 7.66. The van der Waals surface area contributed by atoms with Gasteiger partial charge in [-0.05, 0) is 44.5 Å². The summed E-state index contributed by atoms with van der Waals surface area (Å²) in [6, 6.07) is 9.10. The summed E-state index contributed by atoms with van der Waals surface area (Å²) in [5.74, 6) is 0.788. The standard InChI is InChI=1S/C21H36N4O2/c1-5-17-6-8-18(9-7-17)19(25(3)4)14-23-20(22-2)24-15-21(10-12-26)11-13-27-16-21/h6-9,19,26H,5,10-16H2,1-4H3,(H2,22,23,24). The van der Waals surface area contributed by atoms with Crippen molar-refractivity contribution < 1.29 is 9.84 Å². The van der Waals surface area contributed by atoms with E-state index in [-0.39, 0.29) is 18.1 Å². The smallest absolute Gasteiger partial charge is 0.191 e. The summed E-state index contributed by atoms with van der Waals surface area (Å²) in [6.07, 6.45) is 2.78. The van der Waals surface area contributed by atoms with Gasteiger partial charge in [-0.3, -0.25) is 4.99 Å². The zero-order chi connectivity index (χ0) is 19.7. The van der Waals surface area contributed by atoms with Crippen molar-refractivity contribution in [1.82, 2.24) is 15.5 Å². The number of aliphatic hydroxyl groups is 1. The monoisotopic (exact) mass is 376 g/mol. The molecule has 6 heteroatoms. The Kier molecular flexibility index (Phi) is 8.54. The number of hydrogen-bond donors (Lipinski definition) is 3. The van der Waals surface area contributed by atoms with Crippen LogP contribution in [0.15, 0.2) is 29.3 Å². The number of hydrogen-bond acceptors (Lipinski definition) is 4. The summed E-state index contributed by atoms with van der Waals surface area (Å²) in [6.45, 7) is 5.35. The van der Waals surface area contributed by atoms with Gasteiger partial charge in [0.05, 0.1) is 12.6 Å². The maximum Gasteiger partial charge on any atom is 0.191 e. The third kappa shape index (κ3) is 6.19. The Balaban J connectivity index is 1.93.